The summed E-state index contributed by atoms with van der Waals surface area (Å²) in [7, 11) is 1.17. The number of halogens is 3. The van der Waals surface area contributed by atoms with Crippen LogP contribution in [0.5, 0.6) is 0 Å². The molecule has 2 aromatic heterocycles. The van der Waals surface area contributed by atoms with E-state index in [9.17, 15) is 22.8 Å². The average molecular weight is 320 g/mol. The molecule has 2 aromatic rings. The number of amides is 1. The molecule has 0 fully saturated rings. The number of hydrogen-bond acceptors (Lipinski definition) is 6. The second-order valence-corrected chi connectivity index (χ2v) is 4.64. The number of nitrogens with one attached hydrogen (secondary N) is 2. The van der Waals surface area contributed by atoms with Crippen molar-refractivity contribution in [3.63, 3.8) is 0 Å². The van der Waals surface area contributed by atoms with Gasteiger partial charge in [0.05, 0.1) is 12.7 Å². The van der Waals surface area contributed by atoms with Gasteiger partial charge in [-0.1, -0.05) is 11.3 Å². The van der Waals surface area contributed by atoms with E-state index in [4.69, 9.17) is 0 Å². The Balaban J connectivity index is 2.09. The summed E-state index contributed by atoms with van der Waals surface area (Å²) in [6.07, 6.45) is -3.40. The van der Waals surface area contributed by atoms with Crippen molar-refractivity contribution < 1.29 is 27.5 Å². The summed E-state index contributed by atoms with van der Waals surface area (Å²) in [5, 5.41) is 6.84. The van der Waals surface area contributed by atoms with Crippen LogP contribution in [0.4, 0.5) is 18.3 Å². The molecule has 0 saturated carbocycles. The molecular formula is C10H7F3N4O3S. The molecule has 2 rings (SSSR count). The van der Waals surface area contributed by atoms with Crippen LogP contribution in [0.3, 0.4) is 0 Å². The summed E-state index contributed by atoms with van der Waals surface area (Å²) in [4.78, 5) is 25.5. The molecule has 2 N–H and O–H groups in total. The third-order valence-electron chi connectivity index (χ3n) is 2.24. The number of ether oxygens (including phenoxy) is 1. The molecule has 7 nitrogen and oxygen atoms in total. The van der Waals surface area contributed by atoms with Crippen molar-refractivity contribution in [3.05, 3.63) is 28.5 Å². The zero-order valence-corrected chi connectivity index (χ0v) is 11.1. The summed E-state index contributed by atoms with van der Waals surface area (Å²) >= 11 is 0.199. The maximum Gasteiger partial charge on any atom is 0.445 e. The van der Waals surface area contributed by atoms with Gasteiger partial charge >= 0.3 is 12.1 Å². The Morgan fingerprint density at radius 3 is 2.67 bits per heavy atom. The molecule has 21 heavy (non-hydrogen) atoms. The number of aromatic nitrogens is 3. The number of carbonyl (C=O) groups excluding carboxylic acids is 2. The van der Waals surface area contributed by atoms with E-state index in [-0.39, 0.29) is 27.7 Å². The summed E-state index contributed by atoms with van der Waals surface area (Å²) in [6.45, 7) is 0. The number of carbonyl (C=O) groups is 2. The minimum absolute atomic E-state index is 0.0379. The first-order chi connectivity index (χ1) is 9.81. The molecule has 0 saturated heterocycles. The Labute approximate surface area is 119 Å². The van der Waals surface area contributed by atoms with E-state index in [0.717, 1.165) is 0 Å². The van der Waals surface area contributed by atoms with Gasteiger partial charge in [0.2, 0.25) is 10.1 Å². The molecule has 0 unspecified atom stereocenters. The van der Waals surface area contributed by atoms with Crippen LogP contribution in [0.25, 0.3) is 0 Å². The van der Waals surface area contributed by atoms with Gasteiger partial charge in [-0.15, -0.1) is 10.2 Å². The molecule has 0 aromatic carbocycles. The highest BCUT2D eigenvalue weighted by Crippen LogP contribution is 2.33. The average Bonchev–Trinajstić information content (AvgIpc) is 3.05. The van der Waals surface area contributed by atoms with Gasteiger partial charge < -0.3 is 9.72 Å². The van der Waals surface area contributed by atoms with Crippen molar-refractivity contribution in [2.75, 3.05) is 12.4 Å². The van der Waals surface area contributed by atoms with E-state index in [2.05, 4.69) is 25.2 Å². The van der Waals surface area contributed by atoms with Gasteiger partial charge in [0.15, 0.2) is 0 Å². The Morgan fingerprint density at radius 1 is 1.38 bits per heavy atom. The van der Waals surface area contributed by atoms with Crippen molar-refractivity contribution in [3.8, 4) is 0 Å². The van der Waals surface area contributed by atoms with Crippen LogP contribution in [0, 0.1) is 0 Å². The van der Waals surface area contributed by atoms with E-state index in [1.807, 2.05) is 0 Å². The number of esters is 1. The number of methoxy groups -OCH3 is 1. The minimum Gasteiger partial charge on any atom is -0.464 e. The van der Waals surface area contributed by atoms with Gasteiger partial charge in [-0.3, -0.25) is 10.1 Å². The zero-order valence-electron chi connectivity index (χ0n) is 10.3. The summed E-state index contributed by atoms with van der Waals surface area (Å²) in [5.74, 6) is -1.41. The highest BCUT2D eigenvalue weighted by molar-refractivity contribution is 7.15. The van der Waals surface area contributed by atoms with E-state index in [1.54, 1.807) is 0 Å². The van der Waals surface area contributed by atoms with Crippen LogP contribution in [-0.4, -0.2) is 34.2 Å². The molecule has 0 spiro atoms. The molecule has 0 radical (unpaired) electrons. The highest BCUT2D eigenvalue weighted by Gasteiger charge is 2.35. The normalized spacial score (nSPS) is 11.2. The van der Waals surface area contributed by atoms with Gasteiger partial charge in [0.1, 0.15) is 5.69 Å². The molecular weight excluding hydrogens is 313 g/mol. The smallest absolute Gasteiger partial charge is 0.445 e. The van der Waals surface area contributed by atoms with Gasteiger partial charge in [0.25, 0.3) is 5.91 Å². The molecule has 0 bridgehead atoms. The second-order valence-electron chi connectivity index (χ2n) is 3.66. The Kier molecular flexibility index (Phi) is 3.93. The number of hydrogen-bond donors (Lipinski definition) is 2. The third kappa shape index (κ3) is 3.37. The Morgan fingerprint density at radius 2 is 2.10 bits per heavy atom. The molecule has 2 heterocycles. The quantitative estimate of drug-likeness (QED) is 0.842. The summed E-state index contributed by atoms with van der Waals surface area (Å²) in [5.41, 5.74) is 0.0788. The Hall–Kier alpha value is -2.43. The fourth-order valence-electron chi connectivity index (χ4n) is 1.31. The van der Waals surface area contributed by atoms with Crippen molar-refractivity contribution in [2.45, 2.75) is 6.18 Å². The molecule has 0 aliphatic rings. The second kappa shape index (κ2) is 5.52. The zero-order chi connectivity index (χ0) is 15.6. The van der Waals surface area contributed by atoms with Crippen molar-refractivity contribution >= 4 is 28.3 Å². The monoisotopic (exact) mass is 320 g/mol. The van der Waals surface area contributed by atoms with Gasteiger partial charge in [-0.25, -0.2) is 4.79 Å². The standard InChI is InChI=1S/C10H7F3N4O3S/c1-20-7(19)5-2-4(3-14-5)6(18)15-9-17-16-8(21-9)10(11,12)13/h2-3,14H,1H3,(H,15,17,18). The number of alkyl halides is 3. The van der Waals surface area contributed by atoms with Crippen LogP contribution in [0.15, 0.2) is 12.3 Å². The van der Waals surface area contributed by atoms with Crippen LogP contribution in [0.2, 0.25) is 0 Å². The van der Waals surface area contributed by atoms with E-state index in [1.165, 1.54) is 19.4 Å². The van der Waals surface area contributed by atoms with Gasteiger partial charge in [-0.05, 0) is 6.07 Å². The van der Waals surface area contributed by atoms with Crippen molar-refractivity contribution in [1.82, 2.24) is 15.2 Å². The van der Waals surface area contributed by atoms with E-state index < -0.39 is 23.1 Å². The lowest BCUT2D eigenvalue weighted by molar-refractivity contribution is -0.138. The van der Waals surface area contributed by atoms with E-state index >= 15 is 0 Å². The van der Waals surface area contributed by atoms with Crippen LogP contribution >= 0.6 is 11.3 Å². The predicted molar refractivity (Wildman–Crippen MR) is 65.0 cm³/mol. The fourth-order valence-corrected chi connectivity index (χ4v) is 1.92. The first kappa shape index (κ1) is 15.0. The van der Waals surface area contributed by atoms with Gasteiger partial charge in [-0.2, -0.15) is 13.2 Å². The summed E-state index contributed by atoms with van der Waals surface area (Å²) in [6, 6.07) is 1.20. The number of nitrogens with zero attached hydrogens (tertiary/aromatic N) is 2. The number of rotatable bonds is 3. The van der Waals surface area contributed by atoms with E-state index in [0.29, 0.717) is 0 Å². The lowest BCUT2D eigenvalue weighted by Gasteiger charge is -1.98. The number of H-pyrrole nitrogens is 1. The molecule has 0 aliphatic heterocycles. The Bertz CT molecular complexity index is 679. The lowest BCUT2D eigenvalue weighted by Crippen LogP contribution is -2.10. The maximum absolute atomic E-state index is 12.3. The lowest BCUT2D eigenvalue weighted by atomic mass is 10.3. The third-order valence-corrected chi connectivity index (χ3v) is 3.12. The molecule has 0 atom stereocenters. The highest BCUT2D eigenvalue weighted by atomic mass is 32.1. The topological polar surface area (TPSA) is 97.0 Å². The van der Waals surface area contributed by atoms with Crippen molar-refractivity contribution in [2.24, 2.45) is 0 Å². The van der Waals surface area contributed by atoms with Crippen LogP contribution < -0.4 is 5.32 Å². The fraction of sp³-hybridized carbons (Fsp3) is 0.200. The summed E-state index contributed by atoms with van der Waals surface area (Å²) < 4.78 is 41.4. The number of aromatic amines is 1. The largest absolute Gasteiger partial charge is 0.464 e. The van der Waals surface area contributed by atoms with Crippen molar-refractivity contribution in [1.29, 1.82) is 0 Å². The van der Waals surface area contributed by atoms with Crippen LogP contribution in [0.1, 0.15) is 25.9 Å². The number of anilines is 1. The molecule has 1 amide bonds. The maximum atomic E-state index is 12.3. The van der Waals surface area contributed by atoms with Crippen LogP contribution in [-0.2, 0) is 10.9 Å². The first-order valence-electron chi connectivity index (χ1n) is 5.30. The molecule has 112 valence electrons. The predicted octanol–water partition coefficient (Wildman–Crippen LogP) is 1.92. The SMILES string of the molecule is COC(=O)c1cc(C(=O)Nc2nnc(C(F)(F)F)s2)c[nH]1. The van der Waals surface area contributed by atoms with Gasteiger partial charge in [0, 0.05) is 6.20 Å². The molecule has 0 aliphatic carbocycles. The molecule has 11 heteroatoms. The first-order valence-corrected chi connectivity index (χ1v) is 6.11. The minimum atomic E-state index is -4.62.